The normalized spacial score (nSPS) is 17.1. The van der Waals surface area contributed by atoms with Gasteiger partial charge >= 0.3 is 6.09 Å². The molecule has 1 unspecified atom stereocenters. The van der Waals surface area contributed by atoms with Crippen molar-refractivity contribution >= 4 is 22.9 Å². The number of rotatable bonds is 2. The van der Waals surface area contributed by atoms with Crippen molar-refractivity contribution in [2.24, 2.45) is 0 Å². The fourth-order valence-electron chi connectivity index (χ4n) is 3.48. The Morgan fingerprint density at radius 3 is 2.69 bits per heavy atom. The Morgan fingerprint density at radius 2 is 2.00 bits per heavy atom. The van der Waals surface area contributed by atoms with E-state index in [1.807, 2.05) is 37.8 Å². The van der Waals surface area contributed by atoms with Crippen LogP contribution in [0.5, 0.6) is 0 Å². The molecule has 0 fully saturated rings. The molecule has 0 spiro atoms. The zero-order valence-electron chi connectivity index (χ0n) is 16.1. The molecule has 1 aromatic carbocycles. The highest BCUT2D eigenvalue weighted by molar-refractivity contribution is 5.87. The monoisotopic (exact) mass is 357 g/mol. The smallest absolute Gasteiger partial charge is 0.410 e. The van der Waals surface area contributed by atoms with Gasteiger partial charge in [0.05, 0.1) is 6.54 Å². The summed E-state index contributed by atoms with van der Waals surface area (Å²) >= 11 is 0. The number of likely N-dealkylation sites (N-methyl/N-ethyl adjacent to an activating group) is 1. The molecule has 6 heteroatoms. The van der Waals surface area contributed by atoms with Crippen LogP contribution in [0.4, 0.5) is 4.79 Å². The molecule has 1 atom stereocenters. The molecule has 0 bridgehead atoms. The number of nitrogens with one attached hydrogen (secondary N) is 1. The number of fused-ring (bicyclic) bond motifs is 3. The van der Waals surface area contributed by atoms with Gasteiger partial charge in [-0.2, -0.15) is 0 Å². The van der Waals surface area contributed by atoms with Crippen LogP contribution >= 0.6 is 0 Å². The van der Waals surface area contributed by atoms with Crippen molar-refractivity contribution in [3.63, 3.8) is 0 Å². The summed E-state index contributed by atoms with van der Waals surface area (Å²) in [5.41, 5.74) is 2.90. The SMILES string of the molecule is CC1CN(C(=O)CN(C)C(=O)OC(C)(C)C)Cc2[nH]c3ccccc3c21. The Labute approximate surface area is 154 Å². The number of amides is 2. The summed E-state index contributed by atoms with van der Waals surface area (Å²) in [6.45, 7) is 8.76. The molecule has 1 aliphatic rings. The highest BCUT2D eigenvalue weighted by Crippen LogP contribution is 2.34. The van der Waals surface area contributed by atoms with Gasteiger partial charge in [-0.05, 0) is 32.4 Å². The van der Waals surface area contributed by atoms with Gasteiger partial charge < -0.3 is 19.5 Å². The summed E-state index contributed by atoms with van der Waals surface area (Å²) in [7, 11) is 1.59. The predicted molar refractivity (Wildman–Crippen MR) is 101 cm³/mol. The number of carbonyl (C=O) groups excluding carboxylic acids is 2. The third kappa shape index (κ3) is 3.69. The number of hydrogen-bond acceptors (Lipinski definition) is 3. The second kappa shape index (κ2) is 6.67. The molecule has 0 saturated heterocycles. The number of benzene rings is 1. The number of hydrogen-bond donors (Lipinski definition) is 1. The van der Waals surface area contributed by atoms with Gasteiger partial charge in [0.25, 0.3) is 0 Å². The van der Waals surface area contributed by atoms with E-state index < -0.39 is 11.7 Å². The van der Waals surface area contributed by atoms with E-state index in [4.69, 9.17) is 4.74 Å². The molecule has 1 aliphatic heterocycles. The Kier molecular flexibility index (Phi) is 4.69. The molecule has 1 N–H and O–H groups in total. The number of ether oxygens (including phenoxy) is 1. The van der Waals surface area contributed by atoms with Gasteiger partial charge in [-0.3, -0.25) is 4.79 Å². The molecule has 6 nitrogen and oxygen atoms in total. The Morgan fingerprint density at radius 1 is 1.31 bits per heavy atom. The Bertz CT molecular complexity index is 834. The summed E-state index contributed by atoms with van der Waals surface area (Å²) in [4.78, 5) is 31.4. The molecule has 140 valence electrons. The van der Waals surface area contributed by atoms with Gasteiger partial charge in [0.2, 0.25) is 5.91 Å². The van der Waals surface area contributed by atoms with Gasteiger partial charge in [0.15, 0.2) is 0 Å². The second-order valence-corrected chi connectivity index (χ2v) is 8.07. The van der Waals surface area contributed by atoms with Crippen molar-refractivity contribution in [3.8, 4) is 0 Å². The first-order valence-corrected chi connectivity index (χ1v) is 8.97. The van der Waals surface area contributed by atoms with Gasteiger partial charge in [-0.15, -0.1) is 0 Å². The van der Waals surface area contributed by atoms with Crippen LogP contribution in [0, 0.1) is 0 Å². The minimum Gasteiger partial charge on any atom is -0.444 e. The van der Waals surface area contributed by atoms with Crippen molar-refractivity contribution in [3.05, 3.63) is 35.5 Å². The van der Waals surface area contributed by atoms with Crippen molar-refractivity contribution in [2.45, 2.75) is 45.8 Å². The van der Waals surface area contributed by atoms with Crippen LogP contribution in [-0.4, -0.2) is 52.5 Å². The molecule has 26 heavy (non-hydrogen) atoms. The first kappa shape index (κ1) is 18.3. The van der Waals surface area contributed by atoms with E-state index in [0.29, 0.717) is 13.1 Å². The Balaban J connectivity index is 1.71. The standard InChI is InChI=1S/C20H27N3O3/c1-13-10-23(17(24)12-22(5)19(25)26-20(2,3)4)11-16-18(13)14-8-6-7-9-15(14)21-16/h6-9,13,21H,10-12H2,1-5H3. The van der Waals surface area contributed by atoms with E-state index >= 15 is 0 Å². The van der Waals surface area contributed by atoms with Gasteiger partial charge in [0.1, 0.15) is 12.1 Å². The molecule has 1 aromatic heterocycles. The van der Waals surface area contributed by atoms with E-state index in [0.717, 1.165) is 11.2 Å². The van der Waals surface area contributed by atoms with Crippen LogP contribution in [0.3, 0.4) is 0 Å². The van der Waals surface area contributed by atoms with E-state index in [1.54, 1.807) is 7.05 Å². The van der Waals surface area contributed by atoms with E-state index in [-0.39, 0.29) is 18.4 Å². The molecular weight excluding hydrogens is 330 g/mol. The largest absolute Gasteiger partial charge is 0.444 e. The van der Waals surface area contributed by atoms with Crippen LogP contribution in [0.1, 0.15) is 44.9 Å². The van der Waals surface area contributed by atoms with Crippen LogP contribution in [0.2, 0.25) is 0 Å². The van der Waals surface area contributed by atoms with Crippen molar-refractivity contribution in [1.82, 2.24) is 14.8 Å². The van der Waals surface area contributed by atoms with Crippen molar-refractivity contribution < 1.29 is 14.3 Å². The molecule has 0 radical (unpaired) electrons. The maximum Gasteiger partial charge on any atom is 0.410 e. The number of carbonyl (C=O) groups is 2. The quantitative estimate of drug-likeness (QED) is 0.895. The maximum atomic E-state index is 12.7. The molecule has 3 rings (SSSR count). The first-order chi connectivity index (χ1) is 12.2. The second-order valence-electron chi connectivity index (χ2n) is 8.07. The number of nitrogens with zero attached hydrogens (tertiary/aromatic N) is 2. The highest BCUT2D eigenvalue weighted by atomic mass is 16.6. The summed E-state index contributed by atoms with van der Waals surface area (Å²) < 4.78 is 5.32. The molecular formula is C20H27N3O3. The van der Waals surface area contributed by atoms with Crippen LogP contribution in [0.15, 0.2) is 24.3 Å². The third-order valence-corrected chi connectivity index (χ3v) is 4.59. The lowest BCUT2D eigenvalue weighted by Crippen LogP contribution is -2.45. The molecule has 0 saturated carbocycles. The maximum absolute atomic E-state index is 12.7. The third-order valence-electron chi connectivity index (χ3n) is 4.59. The van der Waals surface area contributed by atoms with Crippen molar-refractivity contribution in [1.29, 1.82) is 0 Å². The van der Waals surface area contributed by atoms with Gasteiger partial charge in [-0.25, -0.2) is 4.79 Å². The number of aromatic nitrogens is 1. The fraction of sp³-hybridized carbons (Fsp3) is 0.500. The lowest BCUT2D eigenvalue weighted by Gasteiger charge is -2.33. The molecule has 2 amide bonds. The van der Waals surface area contributed by atoms with Gasteiger partial charge in [0, 0.05) is 36.1 Å². The van der Waals surface area contributed by atoms with Crippen molar-refractivity contribution in [2.75, 3.05) is 20.1 Å². The fourth-order valence-corrected chi connectivity index (χ4v) is 3.48. The van der Waals surface area contributed by atoms with Crippen LogP contribution in [-0.2, 0) is 16.1 Å². The summed E-state index contributed by atoms with van der Waals surface area (Å²) in [5, 5.41) is 1.23. The predicted octanol–water partition coefficient (Wildman–Crippen LogP) is 3.48. The zero-order chi connectivity index (χ0) is 19.1. The summed E-state index contributed by atoms with van der Waals surface area (Å²) in [6.07, 6.45) is -0.484. The minimum absolute atomic E-state index is 0.0111. The topological polar surface area (TPSA) is 65.6 Å². The summed E-state index contributed by atoms with van der Waals surface area (Å²) in [5.74, 6) is 0.167. The van der Waals surface area contributed by atoms with E-state index in [9.17, 15) is 9.59 Å². The highest BCUT2D eigenvalue weighted by Gasteiger charge is 2.30. The van der Waals surface area contributed by atoms with Gasteiger partial charge in [-0.1, -0.05) is 25.1 Å². The zero-order valence-corrected chi connectivity index (χ0v) is 16.1. The number of H-pyrrole nitrogens is 1. The Hall–Kier alpha value is -2.50. The lowest BCUT2D eigenvalue weighted by molar-refractivity contribution is -0.133. The average molecular weight is 357 g/mol. The average Bonchev–Trinajstić information content (AvgIpc) is 2.91. The first-order valence-electron chi connectivity index (χ1n) is 8.97. The van der Waals surface area contributed by atoms with Crippen LogP contribution in [0.25, 0.3) is 10.9 Å². The molecule has 2 aromatic rings. The number of aromatic amines is 1. The summed E-state index contributed by atoms with van der Waals surface area (Å²) in [6, 6.07) is 8.22. The lowest BCUT2D eigenvalue weighted by atomic mass is 9.93. The van der Waals surface area contributed by atoms with E-state index in [2.05, 4.69) is 24.0 Å². The molecule has 2 heterocycles. The number of para-hydroxylation sites is 1. The molecule has 0 aliphatic carbocycles. The van der Waals surface area contributed by atoms with Crippen LogP contribution < -0.4 is 0 Å². The van der Waals surface area contributed by atoms with E-state index in [1.165, 1.54) is 15.8 Å². The minimum atomic E-state index is -0.576.